The minimum atomic E-state index is -0.481. The molecule has 0 bridgehead atoms. The molecule has 1 fully saturated rings. The van der Waals surface area contributed by atoms with Gasteiger partial charge in [-0.05, 0) is 0 Å². The van der Waals surface area contributed by atoms with Gasteiger partial charge in [0.2, 0.25) is 5.89 Å². The van der Waals surface area contributed by atoms with Gasteiger partial charge in [-0.15, -0.1) is 5.10 Å². The van der Waals surface area contributed by atoms with Gasteiger partial charge in [-0.25, -0.2) is 9.89 Å². The van der Waals surface area contributed by atoms with Crippen LogP contribution in [0, 0.1) is 0 Å². The summed E-state index contributed by atoms with van der Waals surface area (Å²) in [6, 6.07) is 0. The zero-order valence-corrected chi connectivity index (χ0v) is 7.25. The number of nitrogens with one attached hydrogen (secondary N) is 2. The first-order chi connectivity index (χ1) is 6.34. The highest BCUT2D eigenvalue weighted by molar-refractivity contribution is 4.76. The summed E-state index contributed by atoms with van der Waals surface area (Å²) in [7, 11) is 0. The van der Waals surface area contributed by atoms with Gasteiger partial charge in [0.05, 0.1) is 6.54 Å². The third-order valence-corrected chi connectivity index (χ3v) is 2.05. The Labute approximate surface area is 74.9 Å². The van der Waals surface area contributed by atoms with Crippen LogP contribution >= 0.6 is 0 Å². The Kier molecular flexibility index (Phi) is 2.42. The standard InChI is InChI=1S/C7H12N4O2/c12-7-10-9-6(13-7)5-11-3-1-8-2-4-11/h8H,1-5H2,(H,10,12). The van der Waals surface area contributed by atoms with Gasteiger partial charge in [-0.1, -0.05) is 0 Å². The molecule has 0 amide bonds. The van der Waals surface area contributed by atoms with Gasteiger partial charge >= 0.3 is 5.76 Å². The maximum atomic E-state index is 10.6. The number of hydrogen-bond acceptors (Lipinski definition) is 5. The lowest BCUT2D eigenvalue weighted by Gasteiger charge is -2.25. The Hall–Kier alpha value is -1.14. The van der Waals surface area contributed by atoms with Crippen molar-refractivity contribution in [3.63, 3.8) is 0 Å². The van der Waals surface area contributed by atoms with Gasteiger partial charge in [0.25, 0.3) is 0 Å². The highest BCUT2D eigenvalue weighted by Crippen LogP contribution is 1.99. The van der Waals surface area contributed by atoms with Crippen LogP contribution in [0.3, 0.4) is 0 Å². The van der Waals surface area contributed by atoms with Crippen molar-refractivity contribution in [1.29, 1.82) is 0 Å². The van der Waals surface area contributed by atoms with Crippen molar-refractivity contribution in [2.45, 2.75) is 6.54 Å². The van der Waals surface area contributed by atoms with E-state index in [0.29, 0.717) is 12.4 Å². The summed E-state index contributed by atoms with van der Waals surface area (Å²) in [5.41, 5.74) is 0. The van der Waals surface area contributed by atoms with Crippen molar-refractivity contribution in [3.05, 3.63) is 16.4 Å². The highest BCUT2D eigenvalue weighted by Gasteiger charge is 2.12. The van der Waals surface area contributed by atoms with Gasteiger partial charge in [-0.2, -0.15) is 0 Å². The number of H-pyrrole nitrogens is 1. The van der Waals surface area contributed by atoms with Crippen LogP contribution in [0.15, 0.2) is 9.21 Å². The van der Waals surface area contributed by atoms with Crippen molar-refractivity contribution in [2.75, 3.05) is 26.2 Å². The fourth-order valence-electron chi connectivity index (χ4n) is 1.39. The van der Waals surface area contributed by atoms with Gasteiger partial charge in [0.15, 0.2) is 0 Å². The van der Waals surface area contributed by atoms with E-state index in [9.17, 15) is 4.79 Å². The summed E-state index contributed by atoms with van der Waals surface area (Å²) < 4.78 is 4.80. The maximum absolute atomic E-state index is 10.6. The zero-order valence-electron chi connectivity index (χ0n) is 7.25. The smallest absolute Gasteiger partial charge is 0.391 e. The van der Waals surface area contributed by atoms with E-state index in [0.717, 1.165) is 26.2 Å². The second kappa shape index (κ2) is 3.71. The van der Waals surface area contributed by atoms with Gasteiger partial charge in [0.1, 0.15) is 0 Å². The Balaban J connectivity index is 1.93. The number of hydrogen-bond donors (Lipinski definition) is 2. The lowest BCUT2D eigenvalue weighted by atomic mass is 10.3. The van der Waals surface area contributed by atoms with E-state index >= 15 is 0 Å². The maximum Gasteiger partial charge on any atom is 0.434 e. The molecular formula is C7H12N4O2. The summed E-state index contributed by atoms with van der Waals surface area (Å²) in [6.45, 7) is 4.51. The molecule has 1 aliphatic rings. The number of aromatic amines is 1. The van der Waals surface area contributed by atoms with Crippen LogP contribution in [-0.4, -0.2) is 41.3 Å². The van der Waals surface area contributed by atoms with Crippen molar-refractivity contribution >= 4 is 0 Å². The number of aromatic nitrogens is 2. The summed E-state index contributed by atoms with van der Waals surface area (Å²) in [6.07, 6.45) is 0. The van der Waals surface area contributed by atoms with Gasteiger partial charge in [0, 0.05) is 26.2 Å². The Morgan fingerprint density at radius 3 is 2.85 bits per heavy atom. The molecule has 0 aliphatic carbocycles. The minimum Gasteiger partial charge on any atom is -0.391 e. The van der Waals surface area contributed by atoms with E-state index in [4.69, 9.17) is 4.42 Å². The van der Waals surface area contributed by atoms with Crippen LogP contribution in [0.25, 0.3) is 0 Å². The van der Waals surface area contributed by atoms with Crippen LogP contribution in [0.2, 0.25) is 0 Å². The van der Waals surface area contributed by atoms with E-state index in [-0.39, 0.29) is 0 Å². The number of piperazine rings is 1. The van der Waals surface area contributed by atoms with Gasteiger partial charge < -0.3 is 9.73 Å². The van der Waals surface area contributed by atoms with Crippen LogP contribution in [0.4, 0.5) is 0 Å². The second-order valence-electron chi connectivity index (χ2n) is 3.03. The first-order valence-electron chi connectivity index (χ1n) is 4.32. The molecule has 13 heavy (non-hydrogen) atoms. The van der Waals surface area contributed by atoms with E-state index in [1.807, 2.05) is 0 Å². The highest BCUT2D eigenvalue weighted by atomic mass is 16.4. The molecule has 1 saturated heterocycles. The van der Waals surface area contributed by atoms with Gasteiger partial charge in [-0.3, -0.25) is 4.90 Å². The SMILES string of the molecule is O=c1[nH]nc(CN2CCNCC2)o1. The molecule has 0 unspecified atom stereocenters. The normalized spacial score (nSPS) is 19.1. The van der Waals surface area contributed by atoms with Crippen LogP contribution in [0.1, 0.15) is 5.89 Å². The quantitative estimate of drug-likeness (QED) is 0.602. The molecule has 0 spiro atoms. The summed E-state index contributed by atoms with van der Waals surface area (Å²) >= 11 is 0. The molecule has 0 radical (unpaired) electrons. The Morgan fingerprint density at radius 1 is 1.46 bits per heavy atom. The minimum absolute atomic E-state index is 0.465. The predicted octanol–water partition coefficient (Wildman–Crippen LogP) is -1.23. The topological polar surface area (TPSA) is 74.2 Å². The first-order valence-corrected chi connectivity index (χ1v) is 4.32. The fraction of sp³-hybridized carbons (Fsp3) is 0.714. The average molecular weight is 184 g/mol. The van der Waals surface area contributed by atoms with Crippen molar-refractivity contribution in [2.24, 2.45) is 0 Å². The molecule has 1 aliphatic heterocycles. The predicted molar refractivity (Wildman–Crippen MR) is 45.3 cm³/mol. The molecule has 2 rings (SSSR count). The lowest BCUT2D eigenvalue weighted by Crippen LogP contribution is -2.42. The average Bonchev–Trinajstić information content (AvgIpc) is 2.53. The second-order valence-corrected chi connectivity index (χ2v) is 3.03. The van der Waals surface area contributed by atoms with Crippen LogP contribution in [0.5, 0.6) is 0 Å². The lowest BCUT2D eigenvalue weighted by molar-refractivity contribution is 0.211. The summed E-state index contributed by atoms with van der Waals surface area (Å²) in [5.74, 6) is -0.0166. The number of nitrogens with zero attached hydrogens (tertiary/aromatic N) is 2. The van der Waals surface area contributed by atoms with E-state index in [1.54, 1.807) is 0 Å². The molecule has 0 saturated carbocycles. The fourth-order valence-corrected chi connectivity index (χ4v) is 1.39. The molecule has 1 aromatic heterocycles. The molecule has 0 aromatic carbocycles. The molecule has 72 valence electrons. The van der Waals surface area contributed by atoms with Crippen molar-refractivity contribution in [3.8, 4) is 0 Å². The zero-order chi connectivity index (χ0) is 9.10. The Bertz CT molecular complexity index is 312. The van der Waals surface area contributed by atoms with Crippen molar-refractivity contribution in [1.82, 2.24) is 20.4 Å². The van der Waals surface area contributed by atoms with Crippen LogP contribution in [-0.2, 0) is 6.54 Å². The molecule has 1 aromatic rings. The molecule has 2 heterocycles. The summed E-state index contributed by atoms with van der Waals surface area (Å²) in [5, 5.41) is 9.23. The molecule has 6 heteroatoms. The number of rotatable bonds is 2. The molecular weight excluding hydrogens is 172 g/mol. The van der Waals surface area contributed by atoms with E-state index < -0.39 is 5.76 Å². The van der Waals surface area contributed by atoms with E-state index in [2.05, 4.69) is 20.4 Å². The third-order valence-electron chi connectivity index (χ3n) is 2.05. The molecule has 0 atom stereocenters. The largest absolute Gasteiger partial charge is 0.434 e. The first kappa shape index (κ1) is 8.46. The molecule has 2 N–H and O–H groups in total. The summed E-state index contributed by atoms with van der Waals surface area (Å²) in [4.78, 5) is 12.8. The van der Waals surface area contributed by atoms with Crippen LogP contribution < -0.4 is 11.1 Å². The Morgan fingerprint density at radius 2 is 2.23 bits per heavy atom. The third kappa shape index (κ3) is 2.16. The monoisotopic (exact) mass is 184 g/mol. The van der Waals surface area contributed by atoms with E-state index in [1.165, 1.54) is 0 Å². The molecule has 6 nitrogen and oxygen atoms in total. The van der Waals surface area contributed by atoms with Crippen molar-refractivity contribution < 1.29 is 4.42 Å².